The number of allylic oxidation sites excluding steroid dienone is 2. The maximum absolute atomic E-state index is 5.72. The summed E-state index contributed by atoms with van der Waals surface area (Å²) in [4.78, 5) is 1.31. The van der Waals surface area contributed by atoms with E-state index in [4.69, 9.17) is 11.6 Å². The number of thioether (sulfide) groups is 1. The molecule has 0 unspecified atom stereocenters. The number of halogens is 1. The smallest absolute Gasteiger partial charge is 0.0281 e. The van der Waals surface area contributed by atoms with Crippen LogP contribution in [0.25, 0.3) is 0 Å². The van der Waals surface area contributed by atoms with Crippen LogP contribution >= 0.6 is 23.4 Å². The van der Waals surface area contributed by atoms with Gasteiger partial charge < -0.3 is 0 Å². The molecule has 0 fully saturated rings. The minimum atomic E-state index is 1.06. The molecule has 7 heavy (non-hydrogen) atoms. The fourth-order valence-corrected chi connectivity index (χ4v) is 1.79. The molecule has 40 valence electrons. The lowest BCUT2D eigenvalue weighted by molar-refractivity contribution is 1.24. The molecule has 0 amide bonds. The van der Waals surface area contributed by atoms with Gasteiger partial charge in [-0.1, -0.05) is 11.6 Å². The van der Waals surface area contributed by atoms with Gasteiger partial charge in [0.2, 0.25) is 0 Å². The molecular weight excluding hydrogens is 128 g/mol. The quantitative estimate of drug-likeness (QED) is 0.491. The van der Waals surface area contributed by atoms with E-state index in [9.17, 15) is 0 Å². The van der Waals surface area contributed by atoms with Gasteiger partial charge >= 0.3 is 0 Å². The summed E-state index contributed by atoms with van der Waals surface area (Å²) >= 11 is 7.57. The summed E-state index contributed by atoms with van der Waals surface area (Å²) in [7, 11) is 0. The van der Waals surface area contributed by atoms with E-state index in [0.717, 1.165) is 11.5 Å². The molecule has 2 heteroatoms. The summed E-state index contributed by atoms with van der Waals surface area (Å²) < 4.78 is 0. The molecule has 0 aromatic heterocycles. The second-order valence-corrected chi connectivity index (χ2v) is 3.33. The molecule has 0 spiro atoms. The third kappa shape index (κ3) is 1.14. The maximum atomic E-state index is 5.72. The molecule has 0 aromatic rings. The normalized spacial score (nSPS) is 21.4. The molecule has 1 heterocycles. The number of hydrogen-bond donors (Lipinski definition) is 0. The van der Waals surface area contributed by atoms with Gasteiger partial charge in [0.1, 0.15) is 0 Å². The van der Waals surface area contributed by atoms with E-state index in [2.05, 4.69) is 6.92 Å². The molecule has 0 radical (unpaired) electrons. The molecular formula is C5H7ClS. The highest BCUT2D eigenvalue weighted by atomic mass is 35.5. The van der Waals surface area contributed by atoms with Crippen molar-refractivity contribution >= 4 is 23.4 Å². The van der Waals surface area contributed by atoms with Gasteiger partial charge in [0.25, 0.3) is 0 Å². The monoisotopic (exact) mass is 134 g/mol. The Labute approximate surface area is 52.9 Å². The van der Waals surface area contributed by atoms with Crippen LogP contribution in [0.1, 0.15) is 13.3 Å². The summed E-state index contributed by atoms with van der Waals surface area (Å²) in [5.41, 5.74) is 0. The summed E-state index contributed by atoms with van der Waals surface area (Å²) in [6.07, 6.45) is 1.08. The average molecular weight is 135 g/mol. The second kappa shape index (κ2) is 2.10. The van der Waals surface area contributed by atoms with Crippen LogP contribution in [0, 0.1) is 0 Å². The van der Waals surface area contributed by atoms with E-state index >= 15 is 0 Å². The maximum Gasteiger partial charge on any atom is 0.0281 e. The van der Waals surface area contributed by atoms with Crippen molar-refractivity contribution in [3.8, 4) is 0 Å². The van der Waals surface area contributed by atoms with Gasteiger partial charge in [-0.2, -0.15) is 0 Å². The highest BCUT2D eigenvalue weighted by molar-refractivity contribution is 8.03. The second-order valence-electron chi connectivity index (χ2n) is 1.56. The van der Waals surface area contributed by atoms with Gasteiger partial charge in [0, 0.05) is 10.8 Å². The molecule has 0 bridgehead atoms. The Bertz CT molecular complexity index is 94.6. The van der Waals surface area contributed by atoms with E-state index in [1.807, 2.05) is 11.8 Å². The van der Waals surface area contributed by atoms with Crippen LogP contribution in [0.3, 0.4) is 0 Å². The molecule has 1 rings (SSSR count). The van der Waals surface area contributed by atoms with Gasteiger partial charge in [0.05, 0.1) is 0 Å². The SMILES string of the molecule is CC1=C(Cl)CCS1. The average Bonchev–Trinajstić information content (AvgIpc) is 1.91. The Hall–Kier alpha value is 0.380. The van der Waals surface area contributed by atoms with Crippen LogP contribution < -0.4 is 0 Å². The fraction of sp³-hybridized carbons (Fsp3) is 0.600. The van der Waals surface area contributed by atoms with Crippen LogP contribution in [0.5, 0.6) is 0 Å². The minimum absolute atomic E-state index is 1.06. The van der Waals surface area contributed by atoms with Gasteiger partial charge in [-0.05, 0) is 18.2 Å². The highest BCUT2D eigenvalue weighted by Gasteiger charge is 2.06. The molecule has 0 aliphatic carbocycles. The number of hydrogen-bond acceptors (Lipinski definition) is 1. The van der Waals surface area contributed by atoms with Crippen molar-refractivity contribution in [1.29, 1.82) is 0 Å². The Kier molecular flexibility index (Phi) is 1.65. The first-order valence-electron chi connectivity index (χ1n) is 2.29. The van der Waals surface area contributed by atoms with Crippen molar-refractivity contribution in [2.75, 3.05) is 5.75 Å². The highest BCUT2D eigenvalue weighted by Crippen LogP contribution is 2.32. The van der Waals surface area contributed by atoms with Gasteiger partial charge in [-0.15, -0.1) is 11.8 Å². The van der Waals surface area contributed by atoms with Gasteiger partial charge in [0.15, 0.2) is 0 Å². The number of rotatable bonds is 0. The Morgan fingerprint density at radius 1 is 1.71 bits per heavy atom. The summed E-state index contributed by atoms with van der Waals surface area (Å²) in [5.74, 6) is 1.19. The van der Waals surface area contributed by atoms with Crippen LogP contribution in [0.2, 0.25) is 0 Å². The van der Waals surface area contributed by atoms with Crippen molar-refractivity contribution in [2.45, 2.75) is 13.3 Å². The predicted molar refractivity (Wildman–Crippen MR) is 35.6 cm³/mol. The topological polar surface area (TPSA) is 0 Å². The molecule has 0 nitrogen and oxygen atoms in total. The molecule has 0 atom stereocenters. The minimum Gasteiger partial charge on any atom is -0.129 e. The standard InChI is InChI=1S/C5H7ClS/c1-4-5(6)2-3-7-4/h2-3H2,1H3. The van der Waals surface area contributed by atoms with E-state index in [0.29, 0.717) is 0 Å². The lowest BCUT2D eigenvalue weighted by Gasteiger charge is -1.83. The van der Waals surface area contributed by atoms with Crippen LogP contribution in [-0.4, -0.2) is 5.75 Å². The van der Waals surface area contributed by atoms with Crippen LogP contribution in [-0.2, 0) is 0 Å². The lowest BCUT2D eigenvalue weighted by atomic mass is 10.4. The Morgan fingerprint density at radius 3 is 2.57 bits per heavy atom. The predicted octanol–water partition coefficient (Wildman–Crippen LogP) is 2.59. The summed E-state index contributed by atoms with van der Waals surface area (Å²) in [6, 6.07) is 0. The lowest BCUT2D eigenvalue weighted by Crippen LogP contribution is -1.63. The molecule has 1 aliphatic heterocycles. The van der Waals surface area contributed by atoms with Crippen LogP contribution in [0.15, 0.2) is 9.94 Å². The van der Waals surface area contributed by atoms with Crippen molar-refractivity contribution in [2.24, 2.45) is 0 Å². The third-order valence-electron chi connectivity index (χ3n) is 1.02. The van der Waals surface area contributed by atoms with Crippen molar-refractivity contribution in [3.63, 3.8) is 0 Å². The molecule has 0 saturated heterocycles. The first kappa shape index (κ1) is 5.52. The zero-order valence-electron chi connectivity index (χ0n) is 4.20. The van der Waals surface area contributed by atoms with Crippen molar-refractivity contribution in [3.05, 3.63) is 9.94 Å². The van der Waals surface area contributed by atoms with Gasteiger partial charge in [-0.25, -0.2) is 0 Å². The van der Waals surface area contributed by atoms with E-state index in [1.165, 1.54) is 10.7 Å². The Balaban J connectivity index is 2.64. The first-order chi connectivity index (χ1) is 3.30. The molecule has 0 aromatic carbocycles. The van der Waals surface area contributed by atoms with Crippen molar-refractivity contribution in [1.82, 2.24) is 0 Å². The molecule has 0 saturated carbocycles. The third-order valence-corrected chi connectivity index (χ3v) is 2.69. The Morgan fingerprint density at radius 2 is 2.43 bits per heavy atom. The van der Waals surface area contributed by atoms with Crippen LogP contribution in [0.4, 0.5) is 0 Å². The van der Waals surface area contributed by atoms with Crippen molar-refractivity contribution < 1.29 is 0 Å². The van der Waals surface area contributed by atoms with E-state index in [-0.39, 0.29) is 0 Å². The fourth-order valence-electron chi connectivity index (χ4n) is 0.548. The molecule has 0 N–H and O–H groups in total. The largest absolute Gasteiger partial charge is 0.129 e. The van der Waals surface area contributed by atoms with Gasteiger partial charge in [-0.3, -0.25) is 0 Å². The zero-order valence-corrected chi connectivity index (χ0v) is 5.77. The molecule has 1 aliphatic rings. The van der Waals surface area contributed by atoms with E-state index in [1.54, 1.807) is 0 Å². The first-order valence-corrected chi connectivity index (χ1v) is 3.65. The summed E-state index contributed by atoms with van der Waals surface area (Å²) in [6.45, 7) is 2.07. The summed E-state index contributed by atoms with van der Waals surface area (Å²) in [5, 5.41) is 1.06. The van der Waals surface area contributed by atoms with E-state index < -0.39 is 0 Å². The zero-order chi connectivity index (χ0) is 5.28.